The van der Waals surface area contributed by atoms with Crippen molar-refractivity contribution in [2.24, 2.45) is 11.8 Å². The van der Waals surface area contributed by atoms with Gasteiger partial charge in [0.15, 0.2) is 34.8 Å². The minimum Gasteiger partial charge on any atom is -0.493 e. The summed E-state index contributed by atoms with van der Waals surface area (Å²) in [6, 6.07) is 20.1. The fourth-order valence-corrected chi connectivity index (χ4v) is 25.6. The van der Waals surface area contributed by atoms with Crippen molar-refractivity contribution in [3.63, 3.8) is 0 Å². The van der Waals surface area contributed by atoms with Gasteiger partial charge in [0.1, 0.15) is 52.2 Å². The van der Waals surface area contributed by atoms with Gasteiger partial charge in [0.2, 0.25) is 0 Å². The molecular weight excluding hydrogens is 1670 g/mol. The fraction of sp³-hybridized carbons (Fsp3) is 0.491. The number of ketones is 2. The Hall–Kier alpha value is -9.12. The van der Waals surface area contributed by atoms with Crippen molar-refractivity contribution in [3.05, 3.63) is 167 Å². The van der Waals surface area contributed by atoms with Crippen molar-refractivity contribution in [2.45, 2.75) is 318 Å². The third-order valence-electron chi connectivity index (χ3n) is 26.0. The number of carbonyl (C=O) groups is 2. The highest BCUT2D eigenvalue weighted by atomic mass is 32.1. The Kier molecular flexibility index (Phi) is 35.1. The molecule has 0 bridgehead atoms. The van der Waals surface area contributed by atoms with Gasteiger partial charge in [-0.2, -0.15) is 29.8 Å². The zero-order valence-electron chi connectivity index (χ0n) is 74.7. The molecule has 0 fully saturated rings. The number of aryl methyl sites for hydroxylation is 4. The van der Waals surface area contributed by atoms with Crippen molar-refractivity contribution in [2.75, 3.05) is 6.61 Å². The molecule has 2 aliphatic rings. The molecule has 11 nitrogen and oxygen atoms in total. The van der Waals surface area contributed by atoms with Crippen LogP contribution >= 0.6 is 57.1 Å². The van der Waals surface area contributed by atoms with Crippen molar-refractivity contribution < 1.29 is 31.9 Å². The largest absolute Gasteiger partial charge is 0.493 e. The lowest BCUT2D eigenvalue weighted by molar-refractivity contribution is 0.103. The number of hydrogen-bond acceptors (Lipinski definition) is 14. The molecule has 13 rings (SSSR count). The van der Waals surface area contributed by atoms with E-state index in [0.29, 0.717) is 31.4 Å². The second kappa shape index (κ2) is 46.7. The minimum atomic E-state index is -1.19. The molecule has 126 heavy (non-hydrogen) atoms. The van der Waals surface area contributed by atoms with Crippen LogP contribution in [0.5, 0.6) is 5.75 Å². The summed E-state index contributed by atoms with van der Waals surface area (Å²) in [5.74, 6) is -4.22. The molecule has 0 saturated carbocycles. The van der Waals surface area contributed by atoms with Gasteiger partial charge in [-0.25, -0.2) is 17.6 Å². The Balaban J connectivity index is 1.04. The van der Waals surface area contributed by atoms with E-state index in [1.54, 1.807) is 40.9 Å². The van der Waals surface area contributed by atoms with Crippen LogP contribution < -0.4 is 4.74 Å². The van der Waals surface area contributed by atoms with Gasteiger partial charge in [0, 0.05) is 67.0 Å². The van der Waals surface area contributed by atoms with E-state index in [0.717, 1.165) is 197 Å². The van der Waals surface area contributed by atoms with Crippen molar-refractivity contribution in [3.8, 4) is 30.0 Å². The number of rotatable bonds is 52. The molecule has 2 unspecified atom stereocenters. The molecule has 0 spiro atoms. The van der Waals surface area contributed by atoms with E-state index in [9.17, 15) is 30.6 Å². The maximum Gasteiger partial charge on any atom is 0.194 e. The van der Waals surface area contributed by atoms with Crippen LogP contribution in [0.25, 0.3) is 95.4 Å². The van der Waals surface area contributed by atoms with Gasteiger partial charge in [0.05, 0.1) is 68.6 Å². The van der Waals surface area contributed by atoms with E-state index in [1.165, 1.54) is 207 Å². The number of fused-ring (bicyclic) bond motifs is 16. The lowest BCUT2D eigenvalue weighted by atomic mass is 9.94. The molecule has 7 heterocycles. The smallest absolute Gasteiger partial charge is 0.194 e. The summed E-state index contributed by atoms with van der Waals surface area (Å²) in [5, 5.41) is 43.5. The van der Waals surface area contributed by atoms with Crippen LogP contribution in [-0.2, 0) is 32.4 Å². The summed E-state index contributed by atoms with van der Waals surface area (Å²) >= 11 is 8.43. The van der Waals surface area contributed by atoms with Crippen LogP contribution in [0, 0.1) is 80.4 Å². The fourth-order valence-electron chi connectivity index (χ4n) is 19.1. The van der Waals surface area contributed by atoms with Crippen LogP contribution in [0.15, 0.2) is 95.1 Å². The molecule has 2 aliphatic carbocycles. The number of carbonyl (C=O) groups excluding carboxylic acids is 2. The maximum absolute atomic E-state index is 15.1. The van der Waals surface area contributed by atoms with Gasteiger partial charge in [-0.15, -0.1) is 45.3 Å². The molecule has 0 amide bonds. The van der Waals surface area contributed by atoms with Crippen LogP contribution in [0.4, 0.5) is 17.6 Å². The average Bonchev–Trinajstić information content (AvgIpc) is 1.50. The molecule has 662 valence electrons. The Labute approximate surface area is 762 Å². The van der Waals surface area contributed by atoms with E-state index >= 15 is 17.6 Å². The Morgan fingerprint density at radius 2 is 0.778 bits per heavy atom. The van der Waals surface area contributed by atoms with E-state index in [2.05, 4.69) is 81.0 Å². The molecule has 7 aromatic heterocycles. The van der Waals surface area contributed by atoms with Crippen molar-refractivity contribution >= 4 is 164 Å². The number of aromatic nitrogens is 4. The van der Waals surface area contributed by atoms with Crippen molar-refractivity contribution in [1.29, 1.82) is 21.0 Å². The van der Waals surface area contributed by atoms with E-state index in [1.807, 2.05) is 59.1 Å². The summed E-state index contributed by atoms with van der Waals surface area (Å²) in [4.78, 5) is 30.8. The standard InChI is InChI=1S/C106H122F4N8O3S5/c1-7-13-19-24-27-29-31-34-39-47-75-87(51-41-49-77-89(72(63-111)64-112)79-59-83(107)85(109)61-81(79)99(77)119)122-105-97-103(124-101(75)105)91-93-94(116-126-115-93)92-96(95(91)117(97)58-57-69-53-55-74(56-54-69)121-68-71(43-18-12-6)46-37-23-17-11-5)118(67-70(44-36-22-16-10-4)45-38-33-26-21-15-9-3)98-104(92)125-102-76(48-40-35-32-30-28-25-20-14-8-2)88(123-106(98)102)52-42-50-78-90(73(65-113)66-114)80-60-84(108)86(110)62-82(80)100(78)120/h41-42,49-56,59-62,70-71H,7-40,43-48,57-58,67-68H2,1-6H3/b51-41+,52-42+,77-49-,78-50-. The molecule has 0 radical (unpaired) electrons. The number of unbranched alkanes of at least 4 members (excludes halogenated alkanes) is 28. The Morgan fingerprint density at radius 3 is 1.20 bits per heavy atom. The zero-order chi connectivity index (χ0) is 88.6. The van der Waals surface area contributed by atoms with E-state index in [4.69, 9.17) is 13.5 Å². The number of thiophene rings is 4. The van der Waals surface area contributed by atoms with Gasteiger partial charge < -0.3 is 13.9 Å². The molecule has 4 aromatic carbocycles. The molecule has 2 atom stereocenters. The number of hydrogen-bond donors (Lipinski definition) is 0. The third kappa shape index (κ3) is 21.6. The molecule has 0 aliphatic heterocycles. The predicted octanol–water partition coefficient (Wildman–Crippen LogP) is 33.2. The number of halogens is 4. The van der Waals surface area contributed by atoms with Gasteiger partial charge in [-0.05, 0) is 146 Å². The molecule has 0 saturated heterocycles. The highest BCUT2D eigenvalue weighted by molar-refractivity contribution is 7.34. The molecular formula is C106H122F4N8O3S5. The van der Waals surface area contributed by atoms with Gasteiger partial charge in [-0.1, -0.05) is 283 Å². The first-order valence-electron chi connectivity index (χ1n) is 47.4. The quantitative estimate of drug-likeness (QED) is 0.0155. The Morgan fingerprint density at radius 1 is 0.413 bits per heavy atom. The normalized spacial score (nSPS) is 14.1. The van der Waals surface area contributed by atoms with Gasteiger partial charge in [0.25, 0.3) is 0 Å². The first-order chi connectivity index (χ1) is 61.7. The van der Waals surface area contributed by atoms with Crippen LogP contribution in [0.3, 0.4) is 0 Å². The van der Waals surface area contributed by atoms with Crippen LogP contribution in [0.2, 0.25) is 0 Å². The number of nitrogens with zero attached hydrogens (tertiary/aromatic N) is 8. The number of ether oxygens (including phenoxy) is 1. The minimum absolute atomic E-state index is 0.00897. The molecule has 20 heteroatoms. The van der Waals surface area contributed by atoms with E-state index < -0.39 is 34.8 Å². The van der Waals surface area contributed by atoms with Crippen LogP contribution in [-0.4, -0.2) is 36.1 Å². The topological polar surface area (TPSA) is 174 Å². The highest BCUT2D eigenvalue weighted by Gasteiger charge is 2.38. The molecule has 11 aromatic rings. The summed E-state index contributed by atoms with van der Waals surface area (Å²) in [6.45, 7) is 15.7. The SMILES string of the molecule is CCCCCCCCCCCc1c(/C=C/C=C2\C(=O)c3cc(F)c(F)cc3C2=C(C#N)C#N)sc2c1sc1c3c4nsnc4c4c5sc6c(CCCCCCCCCCC)c(/C=C/C=C7\C(=O)c8cc(F)c(F)cc8C7=C(C#N)C#N)sc6c5n(CC(CCCCCC)CCCCCCCC)c4c3n(CCc3ccc(OCC(CCCC)CCCCCC)cc3)c21. The lowest BCUT2D eigenvalue weighted by Crippen LogP contribution is -2.12. The first-order valence-corrected chi connectivity index (χ1v) is 51.4. The summed E-state index contributed by atoms with van der Waals surface area (Å²) in [6.07, 6.45) is 57.7. The van der Waals surface area contributed by atoms with Gasteiger partial charge >= 0.3 is 0 Å². The number of nitriles is 4. The summed E-state index contributed by atoms with van der Waals surface area (Å²) < 4.78 is 90.3. The lowest BCUT2D eigenvalue weighted by Gasteiger charge is -2.20. The van der Waals surface area contributed by atoms with Gasteiger partial charge in [-0.3, -0.25) is 9.59 Å². The summed E-state index contributed by atoms with van der Waals surface area (Å²) in [7, 11) is 0. The maximum atomic E-state index is 15.1. The molecule has 0 N–H and O–H groups in total. The zero-order valence-corrected chi connectivity index (χ0v) is 78.8. The summed E-state index contributed by atoms with van der Waals surface area (Å²) in [5.41, 5.74) is 9.06. The first kappa shape index (κ1) is 94.5. The second-order valence-electron chi connectivity index (χ2n) is 35.0. The second-order valence-corrected chi connectivity index (χ2v) is 39.7. The number of Topliss-reactive ketones (excluding diaryl/α,β-unsaturated/α-hetero) is 2. The van der Waals surface area contributed by atoms with Crippen molar-refractivity contribution in [1.82, 2.24) is 17.9 Å². The predicted molar refractivity (Wildman–Crippen MR) is 521 cm³/mol. The average molecular weight is 1790 g/mol. The Bertz CT molecular complexity index is 6040. The third-order valence-corrected chi connectivity index (χ3v) is 31.7. The number of allylic oxidation sites excluding steroid dienone is 10. The highest BCUT2D eigenvalue weighted by Crippen LogP contribution is 2.56. The number of benzene rings is 4. The van der Waals surface area contributed by atoms with E-state index in [-0.39, 0.29) is 55.7 Å². The van der Waals surface area contributed by atoms with Crippen LogP contribution in [0.1, 0.15) is 344 Å². The monoisotopic (exact) mass is 1790 g/mol.